The third-order valence-corrected chi connectivity index (χ3v) is 4.67. The smallest absolute Gasteiger partial charge is 0.237 e. The summed E-state index contributed by atoms with van der Waals surface area (Å²) >= 11 is 7.11. The zero-order valence-electron chi connectivity index (χ0n) is 13.4. The molecule has 0 unspecified atom stereocenters. The topological polar surface area (TPSA) is 65.8 Å². The number of hydrogen-bond donors (Lipinski definition) is 1. The van der Waals surface area contributed by atoms with Crippen molar-refractivity contribution < 1.29 is 9.18 Å². The monoisotopic (exact) mass is 363 g/mol. The van der Waals surface area contributed by atoms with Gasteiger partial charge in [-0.2, -0.15) is 5.26 Å². The lowest BCUT2D eigenvalue weighted by Crippen LogP contribution is -2.23. The third kappa shape index (κ3) is 4.25. The molecule has 0 spiro atoms. The molecule has 1 aromatic carbocycles. The molecule has 0 saturated heterocycles. The van der Waals surface area contributed by atoms with E-state index in [1.807, 2.05) is 19.9 Å². The minimum atomic E-state index is -0.507. The van der Waals surface area contributed by atoms with E-state index in [1.54, 1.807) is 6.92 Å². The van der Waals surface area contributed by atoms with Crippen LogP contribution < -0.4 is 5.32 Å². The molecule has 4 nitrogen and oxygen atoms in total. The molecular formula is C17H15ClFN3OS. The van der Waals surface area contributed by atoms with E-state index < -0.39 is 11.1 Å². The molecule has 2 rings (SSSR count). The van der Waals surface area contributed by atoms with E-state index in [2.05, 4.69) is 16.4 Å². The maximum absolute atomic E-state index is 13.0. The second kappa shape index (κ2) is 7.65. The Kier molecular flexibility index (Phi) is 5.81. The fourth-order valence-corrected chi connectivity index (χ4v) is 3.31. The highest BCUT2D eigenvalue weighted by Crippen LogP contribution is 2.29. The number of halogens is 2. The van der Waals surface area contributed by atoms with Crippen molar-refractivity contribution in [1.29, 1.82) is 5.26 Å². The molecule has 0 fully saturated rings. The fraction of sp³-hybridized carbons (Fsp3) is 0.235. The normalized spacial score (nSPS) is 11.7. The molecule has 0 radical (unpaired) electrons. The summed E-state index contributed by atoms with van der Waals surface area (Å²) in [6.45, 7) is 5.37. The van der Waals surface area contributed by atoms with Crippen molar-refractivity contribution in [1.82, 2.24) is 4.98 Å². The van der Waals surface area contributed by atoms with Gasteiger partial charge in [0.05, 0.1) is 21.5 Å². The van der Waals surface area contributed by atoms with Gasteiger partial charge in [0.25, 0.3) is 0 Å². The van der Waals surface area contributed by atoms with Gasteiger partial charge in [-0.1, -0.05) is 23.4 Å². The minimum Gasteiger partial charge on any atom is -0.324 e. The van der Waals surface area contributed by atoms with Crippen LogP contribution in [0.2, 0.25) is 5.02 Å². The molecule has 1 aromatic heterocycles. The minimum absolute atomic E-state index is 0.128. The summed E-state index contributed by atoms with van der Waals surface area (Å²) in [6.07, 6.45) is 0. The molecule has 2 aromatic rings. The average Bonchev–Trinajstić information content (AvgIpc) is 2.49. The number of thioether (sulfide) groups is 1. The highest BCUT2D eigenvalue weighted by atomic mass is 35.5. The molecule has 1 atom stereocenters. The van der Waals surface area contributed by atoms with Gasteiger partial charge >= 0.3 is 0 Å². The van der Waals surface area contributed by atoms with Gasteiger partial charge in [-0.3, -0.25) is 4.79 Å². The SMILES string of the molecule is Cc1cc(C)c(C#N)c(S[C@H](C)C(=O)Nc2ccc(F)cc2Cl)n1. The van der Waals surface area contributed by atoms with Crippen LogP contribution in [0, 0.1) is 31.0 Å². The number of benzene rings is 1. The van der Waals surface area contributed by atoms with Crippen molar-refractivity contribution in [2.75, 3.05) is 5.32 Å². The van der Waals surface area contributed by atoms with Gasteiger partial charge in [-0.15, -0.1) is 0 Å². The first-order chi connectivity index (χ1) is 11.3. The lowest BCUT2D eigenvalue weighted by Gasteiger charge is -2.14. The van der Waals surface area contributed by atoms with Gasteiger partial charge in [0, 0.05) is 5.69 Å². The van der Waals surface area contributed by atoms with Gasteiger partial charge in [-0.25, -0.2) is 9.37 Å². The first-order valence-electron chi connectivity index (χ1n) is 7.12. The lowest BCUT2D eigenvalue weighted by molar-refractivity contribution is -0.115. The van der Waals surface area contributed by atoms with E-state index in [1.165, 1.54) is 23.9 Å². The molecule has 124 valence electrons. The Hall–Kier alpha value is -2.10. The van der Waals surface area contributed by atoms with Gasteiger partial charge in [0.1, 0.15) is 16.9 Å². The Morgan fingerprint density at radius 1 is 1.42 bits per heavy atom. The van der Waals surface area contributed by atoms with Crippen molar-refractivity contribution >= 4 is 35.0 Å². The highest BCUT2D eigenvalue weighted by Gasteiger charge is 2.19. The molecule has 0 aliphatic rings. The predicted molar refractivity (Wildman–Crippen MR) is 93.8 cm³/mol. The third-order valence-electron chi connectivity index (χ3n) is 3.27. The molecule has 1 N–H and O–H groups in total. The van der Waals surface area contributed by atoms with Gasteiger partial charge < -0.3 is 5.32 Å². The summed E-state index contributed by atoms with van der Waals surface area (Å²) < 4.78 is 13.0. The van der Waals surface area contributed by atoms with Crippen LogP contribution in [0.5, 0.6) is 0 Å². The van der Waals surface area contributed by atoms with Gasteiger partial charge in [-0.05, 0) is 50.6 Å². The zero-order valence-corrected chi connectivity index (χ0v) is 14.9. The van der Waals surface area contributed by atoms with Crippen LogP contribution >= 0.6 is 23.4 Å². The summed E-state index contributed by atoms with van der Waals surface area (Å²) in [6, 6.07) is 7.71. The summed E-state index contributed by atoms with van der Waals surface area (Å²) in [4.78, 5) is 16.7. The highest BCUT2D eigenvalue weighted by molar-refractivity contribution is 8.00. The Morgan fingerprint density at radius 2 is 2.12 bits per heavy atom. The number of nitrogens with zero attached hydrogens (tertiary/aromatic N) is 2. The fourth-order valence-electron chi connectivity index (χ4n) is 2.07. The first-order valence-corrected chi connectivity index (χ1v) is 8.38. The Labute approximate surface area is 149 Å². The summed E-state index contributed by atoms with van der Waals surface area (Å²) in [5, 5.41) is 12.1. The van der Waals surface area contributed by atoms with Crippen LogP contribution in [0.25, 0.3) is 0 Å². The van der Waals surface area contributed by atoms with Gasteiger partial charge in [0.15, 0.2) is 0 Å². The van der Waals surface area contributed by atoms with Crippen molar-refractivity contribution in [2.24, 2.45) is 0 Å². The Balaban J connectivity index is 2.16. The number of nitriles is 1. The van der Waals surface area contributed by atoms with Crippen LogP contribution in [-0.4, -0.2) is 16.1 Å². The number of nitrogens with one attached hydrogen (secondary N) is 1. The molecule has 1 heterocycles. The van der Waals surface area contributed by atoms with E-state index in [0.29, 0.717) is 16.3 Å². The van der Waals surface area contributed by atoms with Crippen LogP contribution in [0.3, 0.4) is 0 Å². The first kappa shape index (κ1) is 18.2. The van der Waals surface area contributed by atoms with Crippen molar-refractivity contribution in [3.63, 3.8) is 0 Å². The van der Waals surface area contributed by atoms with Crippen LogP contribution in [-0.2, 0) is 4.79 Å². The number of rotatable bonds is 4. The maximum atomic E-state index is 13.0. The number of carbonyl (C=O) groups excluding carboxylic acids is 1. The molecule has 7 heteroatoms. The molecule has 1 amide bonds. The van der Waals surface area contributed by atoms with E-state index in [4.69, 9.17) is 11.6 Å². The van der Waals surface area contributed by atoms with Crippen molar-refractivity contribution in [2.45, 2.75) is 31.0 Å². The Morgan fingerprint density at radius 3 is 2.75 bits per heavy atom. The number of aryl methyl sites for hydroxylation is 2. The lowest BCUT2D eigenvalue weighted by atomic mass is 10.1. The second-order valence-electron chi connectivity index (χ2n) is 5.25. The van der Waals surface area contributed by atoms with E-state index in [-0.39, 0.29) is 10.9 Å². The van der Waals surface area contributed by atoms with Crippen LogP contribution in [0.4, 0.5) is 10.1 Å². The molecule has 0 saturated carbocycles. The standard InChI is InChI=1S/C17H15ClFN3OS/c1-9-6-10(2)21-17(13(9)8-20)24-11(3)16(23)22-15-5-4-12(19)7-14(15)18/h4-7,11H,1-3H3,(H,22,23)/t11-/m1/s1. The molecule has 0 aliphatic heterocycles. The summed E-state index contributed by atoms with van der Waals surface area (Å²) in [5.41, 5.74) is 2.40. The maximum Gasteiger partial charge on any atom is 0.237 e. The van der Waals surface area contributed by atoms with Crippen molar-refractivity contribution in [3.05, 3.63) is 51.9 Å². The molecule has 0 bridgehead atoms. The number of hydrogen-bond acceptors (Lipinski definition) is 4. The summed E-state index contributed by atoms with van der Waals surface area (Å²) in [5.74, 6) is -0.781. The largest absolute Gasteiger partial charge is 0.324 e. The average molecular weight is 364 g/mol. The zero-order chi connectivity index (χ0) is 17.9. The number of amides is 1. The number of carbonyl (C=O) groups is 1. The summed E-state index contributed by atoms with van der Waals surface area (Å²) in [7, 11) is 0. The van der Waals surface area contributed by atoms with E-state index >= 15 is 0 Å². The van der Waals surface area contributed by atoms with E-state index in [0.717, 1.165) is 17.3 Å². The molecule has 24 heavy (non-hydrogen) atoms. The van der Waals surface area contributed by atoms with Gasteiger partial charge in [0.2, 0.25) is 5.91 Å². The van der Waals surface area contributed by atoms with Crippen LogP contribution in [0.15, 0.2) is 29.3 Å². The number of pyridine rings is 1. The Bertz CT molecular complexity index is 835. The number of aromatic nitrogens is 1. The predicted octanol–water partition coefficient (Wildman–Crippen LogP) is 4.48. The number of anilines is 1. The van der Waals surface area contributed by atoms with Crippen molar-refractivity contribution in [3.8, 4) is 6.07 Å². The molecule has 0 aliphatic carbocycles. The quantitative estimate of drug-likeness (QED) is 0.813. The van der Waals surface area contributed by atoms with Crippen LogP contribution in [0.1, 0.15) is 23.7 Å². The second-order valence-corrected chi connectivity index (χ2v) is 6.98. The molecular weight excluding hydrogens is 349 g/mol. The van der Waals surface area contributed by atoms with E-state index in [9.17, 15) is 14.4 Å².